The monoisotopic (exact) mass is 294 g/mol. The Morgan fingerprint density at radius 2 is 2.21 bits per heavy atom. The Kier molecular flexibility index (Phi) is 4.08. The highest BCUT2D eigenvalue weighted by Gasteiger charge is 2.18. The highest BCUT2D eigenvalue weighted by atomic mass is 35.5. The molecule has 0 unspecified atom stereocenters. The van der Waals surface area contributed by atoms with Gasteiger partial charge in [0.2, 0.25) is 0 Å². The van der Waals surface area contributed by atoms with Crippen LogP contribution in [0.5, 0.6) is 0 Å². The minimum absolute atomic E-state index is 0.336. The van der Waals surface area contributed by atoms with Crippen molar-refractivity contribution in [1.29, 1.82) is 5.26 Å². The second-order valence-corrected chi connectivity index (χ2v) is 5.57. The van der Waals surface area contributed by atoms with Gasteiger partial charge in [-0.15, -0.1) is 11.3 Å². The van der Waals surface area contributed by atoms with E-state index in [0.29, 0.717) is 15.6 Å². The molecule has 0 aliphatic carbocycles. The lowest BCUT2D eigenvalue weighted by Gasteiger charge is -2.06. The minimum Gasteiger partial charge on any atom is -0.397 e. The van der Waals surface area contributed by atoms with Crippen molar-refractivity contribution in [3.05, 3.63) is 39.5 Å². The molecule has 0 amide bonds. The summed E-state index contributed by atoms with van der Waals surface area (Å²) in [5.74, 6) is -0.379. The van der Waals surface area contributed by atoms with Gasteiger partial charge in [-0.25, -0.2) is 4.39 Å². The number of thiophene rings is 1. The summed E-state index contributed by atoms with van der Waals surface area (Å²) in [6.45, 7) is 2.04. The third-order valence-corrected chi connectivity index (χ3v) is 4.32. The first-order chi connectivity index (χ1) is 9.08. The van der Waals surface area contributed by atoms with Gasteiger partial charge in [-0.3, -0.25) is 0 Å². The van der Waals surface area contributed by atoms with Gasteiger partial charge in [0.1, 0.15) is 16.8 Å². The van der Waals surface area contributed by atoms with Gasteiger partial charge in [-0.1, -0.05) is 24.9 Å². The second-order valence-electron chi connectivity index (χ2n) is 4.14. The average molecular weight is 295 g/mol. The smallest absolute Gasteiger partial charge is 0.128 e. The molecule has 5 heteroatoms. The summed E-state index contributed by atoms with van der Waals surface area (Å²) in [6, 6.07) is 6.35. The third-order valence-electron chi connectivity index (χ3n) is 2.83. The normalized spacial score (nSPS) is 10.4. The van der Waals surface area contributed by atoms with Crippen LogP contribution >= 0.6 is 22.9 Å². The van der Waals surface area contributed by atoms with Crippen molar-refractivity contribution in [3.63, 3.8) is 0 Å². The molecule has 0 radical (unpaired) electrons. The molecular formula is C14H12ClFN2S. The van der Waals surface area contributed by atoms with Crippen LogP contribution in [0.3, 0.4) is 0 Å². The summed E-state index contributed by atoms with van der Waals surface area (Å²) in [7, 11) is 0. The lowest BCUT2D eigenvalue weighted by atomic mass is 10.0. The molecule has 0 saturated carbocycles. The van der Waals surface area contributed by atoms with E-state index >= 15 is 0 Å². The third kappa shape index (κ3) is 2.58. The predicted octanol–water partition coefficient (Wildman–Crippen LogP) is 4.61. The van der Waals surface area contributed by atoms with E-state index in [9.17, 15) is 4.39 Å². The Morgan fingerprint density at radius 1 is 1.47 bits per heavy atom. The Balaban J connectivity index is 2.64. The van der Waals surface area contributed by atoms with Crippen molar-refractivity contribution in [2.45, 2.75) is 19.8 Å². The number of nitriles is 1. The van der Waals surface area contributed by atoms with Gasteiger partial charge >= 0.3 is 0 Å². The highest BCUT2D eigenvalue weighted by Crippen LogP contribution is 2.41. The minimum atomic E-state index is -0.379. The van der Waals surface area contributed by atoms with Gasteiger partial charge < -0.3 is 5.73 Å². The molecule has 0 spiro atoms. The number of anilines is 1. The van der Waals surface area contributed by atoms with Crippen molar-refractivity contribution in [3.8, 4) is 16.5 Å². The zero-order valence-corrected chi connectivity index (χ0v) is 11.9. The van der Waals surface area contributed by atoms with E-state index in [0.717, 1.165) is 28.8 Å². The van der Waals surface area contributed by atoms with E-state index < -0.39 is 0 Å². The maximum atomic E-state index is 13.1. The standard InChI is InChI=1S/C14H12ClFN2S/c1-2-3-10-13(18)12(7-17)19-14(10)9-5-4-8(16)6-11(9)15/h4-6H,2-3,18H2,1H3. The Labute approximate surface area is 120 Å². The van der Waals surface area contributed by atoms with E-state index in [-0.39, 0.29) is 5.82 Å². The number of hydrogen-bond acceptors (Lipinski definition) is 3. The Hall–Kier alpha value is -1.57. The van der Waals surface area contributed by atoms with Crippen LogP contribution < -0.4 is 5.73 Å². The summed E-state index contributed by atoms with van der Waals surface area (Å²) in [6.07, 6.45) is 1.69. The summed E-state index contributed by atoms with van der Waals surface area (Å²) in [5, 5.41) is 9.41. The molecule has 0 atom stereocenters. The molecule has 2 aromatic rings. The molecule has 0 fully saturated rings. The molecule has 2 rings (SSSR count). The largest absolute Gasteiger partial charge is 0.397 e. The van der Waals surface area contributed by atoms with Crippen LogP contribution in [0.1, 0.15) is 23.8 Å². The first kappa shape index (κ1) is 13.9. The highest BCUT2D eigenvalue weighted by molar-refractivity contribution is 7.17. The van der Waals surface area contributed by atoms with E-state index in [2.05, 4.69) is 6.07 Å². The number of benzene rings is 1. The van der Waals surface area contributed by atoms with Gasteiger partial charge in [-0.2, -0.15) is 5.26 Å². The number of hydrogen-bond donors (Lipinski definition) is 1. The van der Waals surface area contributed by atoms with Crippen LogP contribution in [-0.4, -0.2) is 0 Å². The van der Waals surface area contributed by atoms with Gasteiger partial charge in [-0.05, 0) is 30.2 Å². The quantitative estimate of drug-likeness (QED) is 0.898. The summed E-state index contributed by atoms with van der Waals surface area (Å²) in [4.78, 5) is 1.35. The molecule has 98 valence electrons. The fraction of sp³-hybridized carbons (Fsp3) is 0.214. The number of nitrogens with zero attached hydrogens (tertiary/aromatic N) is 1. The molecule has 0 bridgehead atoms. The predicted molar refractivity (Wildman–Crippen MR) is 77.8 cm³/mol. The molecule has 0 aliphatic rings. The number of halogens is 2. The van der Waals surface area contributed by atoms with Gasteiger partial charge in [0.15, 0.2) is 0 Å². The molecule has 1 aromatic heterocycles. The van der Waals surface area contributed by atoms with Gasteiger partial charge in [0, 0.05) is 10.4 Å². The lowest BCUT2D eigenvalue weighted by Crippen LogP contribution is -1.93. The van der Waals surface area contributed by atoms with Crippen LogP contribution in [0.2, 0.25) is 5.02 Å². The molecule has 0 aliphatic heterocycles. The Morgan fingerprint density at radius 3 is 2.79 bits per heavy atom. The van der Waals surface area contributed by atoms with E-state index in [1.807, 2.05) is 6.92 Å². The zero-order valence-electron chi connectivity index (χ0n) is 10.3. The van der Waals surface area contributed by atoms with Gasteiger partial charge in [0.05, 0.1) is 10.7 Å². The molecule has 2 nitrogen and oxygen atoms in total. The van der Waals surface area contributed by atoms with Crippen molar-refractivity contribution >= 4 is 28.6 Å². The fourth-order valence-corrected chi connectivity index (χ4v) is 3.37. The first-order valence-electron chi connectivity index (χ1n) is 5.85. The molecular weight excluding hydrogens is 283 g/mol. The van der Waals surface area contributed by atoms with E-state index in [1.165, 1.54) is 23.5 Å². The van der Waals surface area contributed by atoms with E-state index in [1.54, 1.807) is 6.07 Å². The molecule has 1 aromatic carbocycles. The topological polar surface area (TPSA) is 49.8 Å². The maximum Gasteiger partial charge on any atom is 0.128 e. The average Bonchev–Trinajstić information content (AvgIpc) is 2.68. The molecule has 0 saturated heterocycles. The lowest BCUT2D eigenvalue weighted by molar-refractivity contribution is 0.628. The Bertz CT molecular complexity index is 658. The van der Waals surface area contributed by atoms with Crippen LogP contribution in [0, 0.1) is 17.1 Å². The van der Waals surface area contributed by atoms with Crippen LogP contribution in [0.25, 0.3) is 10.4 Å². The van der Waals surface area contributed by atoms with Crippen LogP contribution in [0.4, 0.5) is 10.1 Å². The molecule has 2 N–H and O–H groups in total. The first-order valence-corrected chi connectivity index (χ1v) is 7.04. The van der Waals surface area contributed by atoms with Gasteiger partial charge in [0.25, 0.3) is 0 Å². The van der Waals surface area contributed by atoms with E-state index in [4.69, 9.17) is 22.6 Å². The van der Waals surface area contributed by atoms with Crippen molar-refractivity contribution in [1.82, 2.24) is 0 Å². The van der Waals surface area contributed by atoms with Crippen LogP contribution in [0.15, 0.2) is 18.2 Å². The maximum absolute atomic E-state index is 13.1. The summed E-state index contributed by atoms with van der Waals surface area (Å²) < 4.78 is 13.1. The van der Waals surface area contributed by atoms with Crippen molar-refractivity contribution < 1.29 is 4.39 Å². The van der Waals surface area contributed by atoms with Crippen molar-refractivity contribution in [2.75, 3.05) is 5.73 Å². The summed E-state index contributed by atoms with van der Waals surface area (Å²) in [5.41, 5.74) is 8.16. The zero-order chi connectivity index (χ0) is 14.0. The SMILES string of the molecule is CCCc1c(-c2ccc(F)cc2Cl)sc(C#N)c1N. The second kappa shape index (κ2) is 5.60. The molecule has 19 heavy (non-hydrogen) atoms. The fourth-order valence-electron chi connectivity index (χ4n) is 1.95. The number of rotatable bonds is 3. The number of nitrogen functional groups attached to an aromatic ring is 1. The summed E-state index contributed by atoms with van der Waals surface area (Å²) >= 11 is 7.39. The number of nitrogens with two attached hydrogens (primary N) is 1. The molecule has 1 heterocycles. The van der Waals surface area contributed by atoms with Crippen molar-refractivity contribution in [2.24, 2.45) is 0 Å². The van der Waals surface area contributed by atoms with Crippen LogP contribution in [-0.2, 0) is 6.42 Å².